The smallest absolute Gasteiger partial charge is 0.176 e. The number of methoxy groups -OCH3 is 3. The highest BCUT2D eigenvalue weighted by Crippen LogP contribution is 2.25. The molecule has 1 aromatic rings. The van der Waals surface area contributed by atoms with E-state index in [-0.39, 0.29) is 5.78 Å². The third-order valence-electron chi connectivity index (χ3n) is 3.06. The van der Waals surface area contributed by atoms with E-state index in [1.54, 1.807) is 39.5 Å². The van der Waals surface area contributed by atoms with Gasteiger partial charge in [-0.05, 0) is 18.2 Å². The summed E-state index contributed by atoms with van der Waals surface area (Å²) in [5.74, 6) is 0.565. The minimum atomic E-state index is 0.00626. The van der Waals surface area contributed by atoms with Crippen LogP contribution in [0.1, 0.15) is 10.4 Å². The summed E-state index contributed by atoms with van der Waals surface area (Å²) in [6.07, 6.45) is 0. The second-order valence-corrected chi connectivity index (χ2v) is 4.94. The van der Waals surface area contributed by atoms with E-state index in [9.17, 15) is 4.79 Å². The molecule has 0 N–H and O–H groups in total. The van der Waals surface area contributed by atoms with E-state index in [4.69, 9.17) is 25.8 Å². The zero-order chi connectivity index (χ0) is 15.7. The molecule has 6 heteroatoms. The number of rotatable bonds is 10. The first kappa shape index (κ1) is 17.9. The van der Waals surface area contributed by atoms with Gasteiger partial charge in [0.1, 0.15) is 5.75 Å². The number of ketones is 1. The summed E-state index contributed by atoms with van der Waals surface area (Å²) < 4.78 is 15.2. The van der Waals surface area contributed by atoms with Crippen molar-refractivity contribution in [2.24, 2.45) is 0 Å². The lowest BCUT2D eigenvalue weighted by molar-refractivity contribution is 0.0837. The highest BCUT2D eigenvalue weighted by Gasteiger charge is 2.14. The molecule has 0 unspecified atom stereocenters. The normalized spacial score (nSPS) is 10.9. The fourth-order valence-electron chi connectivity index (χ4n) is 1.84. The van der Waals surface area contributed by atoms with Gasteiger partial charge >= 0.3 is 0 Å². The molecule has 0 amide bonds. The van der Waals surface area contributed by atoms with Gasteiger partial charge in [-0.3, -0.25) is 9.69 Å². The Kier molecular flexibility index (Phi) is 8.30. The molecular weight excluding hydrogens is 294 g/mol. The van der Waals surface area contributed by atoms with Crippen molar-refractivity contribution < 1.29 is 19.0 Å². The van der Waals surface area contributed by atoms with Crippen LogP contribution in [-0.4, -0.2) is 64.9 Å². The van der Waals surface area contributed by atoms with E-state index < -0.39 is 0 Å². The average Bonchev–Trinajstić information content (AvgIpc) is 2.49. The maximum absolute atomic E-state index is 12.3. The minimum absolute atomic E-state index is 0.00626. The zero-order valence-corrected chi connectivity index (χ0v) is 13.5. The highest BCUT2D eigenvalue weighted by molar-refractivity contribution is 6.32. The molecule has 118 valence electrons. The van der Waals surface area contributed by atoms with E-state index in [1.807, 2.05) is 4.90 Å². The molecule has 0 saturated carbocycles. The van der Waals surface area contributed by atoms with Gasteiger partial charge in [0.15, 0.2) is 5.78 Å². The Morgan fingerprint density at radius 2 is 1.76 bits per heavy atom. The topological polar surface area (TPSA) is 48.0 Å². The maximum atomic E-state index is 12.3. The molecule has 0 bridgehead atoms. The molecule has 21 heavy (non-hydrogen) atoms. The molecule has 0 aromatic heterocycles. The number of Topliss-reactive ketones (excluding diaryl/α,β-unsaturated/α-hetero) is 1. The van der Waals surface area contributed by atoms with Crippen molar-refractivity contribution in [1.29, 1.82) is 0 Å². The van der Waals surface area contributed by atoms with Crippen molar-refractivity contribution in [2.45, 2.75) is 0 Å². The molecule has 5 nitrogen and oxygen atoms in total. The summed E-state index contributed by atoms with van der Waals surface area (Å²) in [6, 6.07) is 5.05. The fourth-order valence-corrected chi connectivity index (χ4v) is 2.10. The van der Waals surface area contributed by atoms with Crippen molar-refractivity contribution >= 4 is 17.4 Å². The Hall–Kier alpha value is -1.14. The first-order valence-electron chi connectivity index (χ1n) is 6.69. The van der Waals surface area contributed by atoms with Gasteiger partial charge in [-0.2, -0.15) is 0 Å². The average molecular weight is 316 g/mol. The lowest BCUT2D eigenvalue weighted by Gasteiger charge is -2.20. The molecule has 0 spiro atoms. The Morgan fingerprint density at radius 1 is 1.14 bits per heavy atom. The Bertz CT molecular complexity index is 445. The number of halogens is 1. The molecule has 0 radical (unpaired) electrons. The molecule has 1 rings (SSSR count). The first-order chi connectivity index (χ1) is 10.1. The van der Waals surface area contributed by atoms with Gasteiger partial charge in [0.25, 0.3) is 0 Å². The standard InChI is InChI=1S/C15H22ClNO4/c1-19-8-6-17(7-9-20-2)11-14(18)12-4-5-15(21-3)13(16)10-12/h4-5,10H,6-9,11H2,1-3H3. The minimum Gasteiger partial charge on any atom is -0.495 e. The quantitative estimate of drug-likeness (QED) is 0.619. The van der Waals surface area contributed by atoms with E-state index in [1.165, 1.54) is 0 Å². The summed E-state index contributed by atoms with van der Waals surface area (Å²) in [6.45, 7) is 2.79. The van der Waals surface area contributed by atoms with Gasteiger partial charge in [0, 0.05) is 32.9 Å². The van der Waals surface area contributed by atoms with E-state index in [2.05, 4.69) is 0 Å². The van der Waals surface area contributed by atoms with Crippen LogP contribution >= 0.6 is 11.6 Å². The molecule has 0 fully saturated rings. The van der Waals surface area contributed by atoms with Gasteiger partial charge in [0.2, 0.25) is 0 Å². The molecule has 0 saturated heterocycles. The molecule has 1 aromatic carbocycles. The lowest BCUT2D eigenvalue weighted by atomic mass is 10.1. The number of benzene rings is 1. The largest absolute Gasteiger partial charge is 0.495 e. The number of ether oxygens (including phenoxy) is 3. The zero-order valence-electron chi connectivity index (χ0n) is 12.7. The Balaban J connectivity index is 2.68. The van der Waals surface area contributed by atoms with Crippen LogP contribution in [0.2, 0.25) is 5.02 Å². The number of nitrogens with zero attached hydrogens (tertiary/aromatic N) is 1. The van der Waals surface area contributed by atoms with Crippen molar-refractivity contribution in [3.63, 3.8) is 0 Å². The summed E-state index contributed by atoms with van der Waals surface area (Å²) in [4.78, 5) is 14.3. The van der Waals surface area contributed by atoms with Crippen LogP contribution in [0.15, 0.2) is 18.2 Å². The number of hydrogen-bond acceptors (Lipinski definition) is 5. The van der Waals surface area contributed by atoms with Crippen molar-refractivity contribution in [2.75, 3.05) is 54.2 Å². The fraction of sp³-hybridized carbons (Fsp3) is 0.533. The second kappa shape index (κ2) is 9.73. The van der Waals surface area contributed by atoms with E-state index in [0.29, 0.717) is 49.2 Å². The van der Waals surface area contributed by atoms with E-state index in [0.717, 1.165) is 0 Å². The van der Waals surface area contributed by atoms with Crippen molar-refractivity contribution in [1.82, 2.24) is 4.90 Å². The summed E-state index contributed by atoms with van der Waals surface area (Å²) in [5, 5.41) is 0.434. The summed E-state index contributed by atoms with van der Waals surface area (Å²) in [7, 11) is 4.82. The van der Waals surface area contributed by atoms with Gasteiger partial charge in [-0.25, -0.2) is 0 Å². The molecule has 0 atom stereocenters. The number of carbonyl (C=O) groups excluding carboxylic acids is 1. The molecule has 0 aliphatic heterocycles. The predicted molar refractivity (Wildman–Crippen MR) is 82.5 cm³/mol. The summed E-state index contributed by atoms with van der Waals surface area (Å²) >= 11 is 6.05. The van der Waals surface area contributed by atoms with Crippen LogP contribution < -0.4 is 4.74 Å². The summed E-state index contributed by atoms with van der Waals surface area (Å²) in [5.41, 5.74) is 0.570. The molecular formula is C15H22ClNO4. The first-order valence-corrected chi connectivity index (χ1v) is 7.07. The van der Waals surface area contributed by atoms with Gasteiger partial charge in [-0.1, -0.05) is 11.6 Å². The monoisotopic (exact) mass is 315 g/mol. The molecule has 0 aliphatic carbocycles. The van der Waals surface area contributed by atoms with Crippen molar-refractivity contribution in [3.05, 3.63) is 28.8 Å². The predicted octanol–water partition coefficient (Wildman–Crippen LogP) is 2.13. The van der Waals surface area contributed by atoms with Crippen LogP contribution in [0, 0.1) is 0 Å². The maximum Gasteiger partial charge on any atom is 0.176 e. The number of hydrogen-bond donors (Lipinski definition) is 0. The van der Waals surface area contributed by atoms with Crippen LogP contribution in [0.3, 0.4) is 0 Å². The van der Waals surface area contributed by atoms with Gasteiger partial charge in [-0.15, -0.1) is 0 Å². The van der Waals surface area contributed by atoms with Gasteiger partial charge < -0.3 is 14.2 Å². The second-order valence-electron chi connectivity index (χ2n) is 4.53. The third-order valence-corrected chi connectivity index (χ3v) is 3.36. The van der Waals surface area contributed by atoms with Crippen LogP contribution in [0.4, 0.5) is 0 Å². The van der Waals surface area contributed by atoms with Crippen molar-refractivity contribution in [3.8, 4) is 5.75 Å². The highest BCUT2D eigenvalue weighted by atomic mass is 35.5. The SMILES string of the molecule is COCCN(CCOC)CC(=O)c1ccc(OC)c(Cl)c1. The Labute approximate surface area is 130 Å². The number of carbonyl (C=O) groups is 1. The van der Waals surface area contributed by atoms with Gasteiger partial charge in [0.05, 0.1) is 31.9 Å². The lowest BCUT2D eigenvalue weighted by Crippen LogP contribution is -2.35. The molecule has 0 heterocycles. The van der Waals surface area contributed by atoms with E-state index >= 15 is 0 Å². The van der Waals surface area contributed by atoms with Crippen LogP contribution in [0.25, 0.3) is 0 Å². The third kappa shape index (κ3) is 6.01. The van der Waals surface area contributed by atoms with Crippen LogP contribution in [-0.2, 0) is 9.47 Å². The Morgan fingerprint density at radius 3 is 2.24 bits per heavy atom. The molecule has 0 aliphatic rings. The van der Waals surface area contributed by atoms with Crippen LogP contribution in [0.5, 0.6) is 5.75 Å².